The normalized spacial score (nSPS) is 17.6. The van der Waals surface area contributed by atoms with Crippen LogP contribution in [0.5, 0.6) is 0 Å². The van der Waals surface area contributed by atoms with Gasteiger partial charge >= 0.3 is 5.97 Å². The number of nitrogens with one attached hydrogen (secondary N) is 1. The van der Waals surface area contributed by atoms with Crippen molar-refractivity contribution in [1.29, 1.82) is 0 Å². The highest BCUT2D eigenvalue weighted by Crippen LogP contribution is 2.30. The van der Waals surface area contributed by atoms with Crippen molar-refractivity contribution in [3.8, 4) is 0 Å². The van der Waals surface area contributed by atoms with Gasteiger partial charge in [-0.05, 0) is 19.8 Å². The van der Waals surface area contributed by atoms with Crippen LogP contribution < -0.4 is 5.32 Å². The molecule has 1 aromatic rings. The molecule has 1 fully saturated rings. The SMILES string of the molecule is COC(=O)c1nc(NC2(C)CCOCC2)sc1C(C)=O. The van der Waals surface area contributed by atoms with Crippen molar-refractivity contribution in [3.05, 3.63) is 10.6 Å². The van der Waals surface area contributed by atoms with Crippen LogP contribution in [-0.4, -0.2) is 42.6 Å². The minimum Gasteiger partial charge on any atom is -0.464 e. The fraction of sp³-hybridized carbons (Fsp3) is 0.615. The molecule has 0 amide bonds. The maximum Gasteiger partial charge on any atom is 0.358 e. The van der Waals surface area contributed by atoms with Crippen molar-refractivity contribution in [1.82, 2.24) is 4.98 Å². The van der Waals surface area contributed by atoms with Crippen LogP contribution in [0.1, 0.15) is 46.8 Å². The van der Waals surface area contributed by atoms with Gasteiger partial charge in [0.25, 0.3) is 0 Å². The summed E-state index contributed by atoms with van der Waals surface area (Å²) in [6, 6.07) is 0. The zero-order valence-corrected chi connectivity index (χ0v) is 12.6. The Kier molecular flexibility index (Phi) is 4.39. The number of ketones is 1. The number of anilines is 1. The second-order valence-corrected chi connectivity index (χ2v) is 6.04. The Morgan fingerprint density at radius 3 is 2.60 bits per heavy atom. The summed E-state index contributed by atoms with van der Waals surface area (Å²) < 4.78 is 10.0. The smallest absolute Gasteiger partial charge is 0.358 e. The van der Waals surface area contributed by atoms with Crippen LogP contribution in [0.25, 0.3) is 0 Å². The van der Waals surface area contributed by atoms with Crippen LogP contribution >= 0.6 is 11.3 Å². The van der Waals surface area contributed by atoms with E-state index in [1.165, 1.54) is 25.4 Å². The molecule has 2 rings (SSSR count). The van der Waals surface area contributed by atoms with Gasteiger partial charge in [0.1, 0.15) is 4.88 Å². The van der Waals surface area contributed by atoms with Gasteiger partial charge in [-0.3, -0.25) is 4.79 Å². The van der Waals surface area contributed by atoms with Gasteiger partial charge < -0.3 is 14.8 Å². The number of esters is 1. The average Bonchev–Trinajstić information content (AvgIpc) is 2.82. The van der Waals surface area contributed by atoms with E-state index in [1.54, 1.807) is 0 Å². The Labute approximate surface area is 121 Å². The minimum atomic E-state index is -0.586. The quantitative estimate of drug-likeness (QED) is 0.677. The molecule has 0 bridgehead atoms. The van der Waals surface area contributed by atoms with Crippen molar-refractivity contribution >= 4 is 28.2 Å². The standard InChI is InChI=1S/C13H18N2O4S/c1-8(16)10-9(11(17)18-3)14-12(20-10)15-13(2)4-6-19-7-5-13/h4-7H2,1-3H3,(H,14,15). The number of ether oxygens (including phenoxy) is 2. The maximum absolute atomic E-state index is 11.6. The number of carbonyl (C=O) groups is 2. The molecule has 0 aliphatic carbocycles. The molecule has 0 unspecified atom stereocenters. The molecule has 1 aliphatic heterocycles. The van der Waals surface area contributed by atoms with Crippen LogP contribution in [-0.2, 0) is 9.47 Å². The Balaban J connectivity index is 2.24. The first-order valence-corrected chi connectivity index (χ1v) is 7.23. The first-order chi connectivity index (χ1) is 9.45. The van der Waals surface area contributed by atoms with Crippen LogP contribution in [0.4, 0.5) is 5.13 Å². The van der Waals surface area contributed by atoms with E-state index in [2.05, 4.69) is 22.0 Å². The molecule has 1 saturated heterocycles. The van der Waals surface area contributed by atoms with Crippen LogP contribution in [0.15, 0.2) is 0 Å². The molecule has 0 aromatic carbocycles. The van der Waals surface area contributed by atoms with Crippen molar-refractivity contribution in [2.24, 2.45) is 0 Å². The topological polar surface area (TPSA) is 77.5 Å². The highest BCUT2D eigenvalue weighted by Gasteiger charge is 2.30. The summed E-state index contributed by atoms with van der Waals surface area (Å²) in [5, 5.41) is 3.89. The molecule has 1 aromatic heterocycles. The highest BCUT2D eigenvalue weighted by molar-refractivity contribution is 7.17. The second kappa shape index (κ2) is 5.88. The number of hydrogen-bond donors (Lipinski definition) is 1. The Hall–Kier alpha value is -1.47. The lowest BCUT2D eigenvalue weighted by Crippen LogP contribution is -2.40. The van der Waals surface area contributed by atoms with Crippen LogP contribution in [0.2, 0.25) is 0 Å². The van der Waals surface area contributed by atoms with E-state index in [-0.39, 0.29) is 17.0 Å². The molecule has 1 N–H and O–H groups in total. The van der Waals surface area contributed by atoms with E-state index >= 15 is 0 Å². The Morgan fingerprint density at radius 2 is 2.05 bits per heavy atom. The predicted molar refractivity (Wildman–Crippen MR) is 75.5 cm³/mol. The van der Waals surface area contributed by atoms with Gasteiger partial charge in [-0.2, -0.15) is 0 Å². The molecule has 6 nitrogen and oxygen atoms in total. The molecular weight excluding hydrogens is 280 g/mol. The number of aromatic nitrogens is 1. The van der Waals surface area contributed by atoms with Crippen LogP contribution in [0.3, 0.4) is 0 Å². The van der Waals surface area contributed by atoms with Gasteiger partial charge in [-0.1, -0.05) is 11.3 Å². The maximum atomic E-state index is 11.6. The molecule has 1 aliphatic rings. The van der Waals surface area contributed by atoms with Gasteiger partial charge in [-0.15, -0.1) is 0 Å². The molecule has 0 radical (unpaired) electrons. The third-order valence-electron chi connectivity index (χ3n) is 3.33. The molecule has 20 heavy (non-hydrogen) atoms. The molecule has 110 valence electrons. The lowest BCUT2D eigenvalue weighted by molar-refractivity contribution is 0.0590. The highest BCUT2D eigenvalue weighted by atomic mass is 32.1. The van der Waals surface area contributed by atoms with Crippen molar-refractivity contribution in [2.45, 2.75) is 32.2 Å². The lowest BCUT2D eigenvalue weighted by Gasteiger charge is -2.34. The monoisotopic (exact) mass is 298 g/mol. The molecular formula is C13H18N2O4S. The minimum absolute atomic E-state index is 0.0863. The van der Waals surface area contributed by atoms with Gasteiger partial charge in [0.05, 0.1) is 7.11 Å². The van der Waals surface area contributed by atoms with Gasteiger partial charge in [0, 0.05) is 25.7 Å². The van der Waals surface area contributed by atoms with Gasteiger partial charge in [0.15, 0.2) is 16.6 Å². The number of hydrogen-bond acceptors (Lipinski definition) is 7. The fourth-order valence-corrected chi connectivity index (χ4v) is 3.05. The van der Waals surface area contributed by atoms with E-state index in [9.17, 15) is 9.59 Å². The zero-order chi connectivity index (χ0) is 14.8. The summed E-state index contributed by atoms with van der Waals surface area (Å²) in [4.78, 5) is 27.8. The number of rotatable bonds is 4. The first-order valence-electron chi connectivity index (χ1n) is 6.41. The Bertz CT molecular complexity index is 520. The molecule has 7 heteroatoms. The summed E-state index contributed by atoms with van der Waals surface area (Å²) in [7, 11) is 1.28. The van der Waals surface area contributed by atoms with Crippen molar-refractivity contribution < 1.29 is 19.1 Å². The number of nitrogens with zero attached hydrogens (tertiary/aromatic N) is 1. The molecule has 2 heterocycles. The van der Waals surface area contributed by atoms with Gasteiger partial charge in [-0.25, -0.2) is 9.78 Å². The number of carbonyl (C=O) groups excluding carboxylic acids is 2. The molecule has 0 saturated carbocycles. The van der Waals surface area contributed by atoms with Gasteiger partial charge in [0.2, 0.25) is 0 Å². The van der Waals surface area contributed by atoms with E-state index in [0.29, 0.717) is 23.2 Å². The van der Waals surface area contributed by atoms with Crippen molar-refractivity contribution in [3.63, 3.8) is 0 Å². The fourth-order valence-electron chi connectivity index (χ4n) is 2.05. The van der Waals surface area contributed by atoms with Crippen LogP contribution in [0, 0.1) is 0 Å². The predicted octanol–water partition coefficient (Wildman–Crippen LogP) is 2.11. The largest absolute Gasteiger partial charge is 0.464 e. The van der Waals surface area contributed by atoms with E-state index in [1.807, 2.05) is 0 Å². The van der Waals surface area contributed by atoms with E-state index in [0.717, 1.165) is 12.8 Å². The first kappa shape index (κ1) is 14.9. The number of thiazole rings is 1. The second-order valence-electron chi connectivity index (χ2n) is 5.04. The zero-order valence-electron chi connectivity index (χ0n) is 11.8. The Morgan fingerprint density at radius 1 is 1.40 bits per heavy atom. The summed E-state index contributed by atoms with van der Waals surface area (Å²) in [5.74, 6) is -0.773. The third kappa shape index (κ3) is 3.16. The average molecular weight is 298 g/mol. The third-order valence-corrected chi connectivity index (χ3v) is 4.40. The van der Waals surface area contributed by atoms with E-state index in [4.69, 9.17) is 4.74 Å². The molecule has 0 atom stereocenters. The lowest BCUT2D eigenvalue weighted by atomic mass is 9.93. The summed E-state index contributed by atoms with van der Waals surface area (Å²) in [5.41, 5.74) is -0.0412. The summed E-state index contributed by atoms with van der Waals surface area (Å²) in [6.07, 6.45) is 1.71. The number of Topliss-reactive ketones (excluding diaryl/α,β-unsaturated/α-hetero) is 1. The summed E-state index contributed by atoms with van der Waals surface area (Å²) in [6.45, 7) is 4.89. The van der Waals surface area contributed by atoms with E-state index < -0.39 is 5.97 Å². The van der Waals surface area contributed by atoms with Crippen molar-refractivity contribution in [2.75, 3.05) is 25.6 Å². The number of methoxy groups -OCH3 is 1. The molecule has 0 spiro atoms. The summed E-state index contributed by atoms with van der Waals surface area (Å²) >= 11 is 1.19.